The largest absolute Gasteiger partial charge is 0.441 e. The van der Waals surface area contributed by atoms with E-state index in [2.05, 4.69) is 10.3 Å². The van der Waals surface area contributed by atoms with Crippen LogP contribution in [0.15, 0.2) is 28.8 Å². The van der Waals surface area contributed by atoms with E-state index in [9.17, 15) is 4.39 Å². The van der Waals surface area contributed by atoms with Crippen molar-refractivity contribution in [3.05, 3.63) is 41.1 Å². The number of benzene rings is 1. The van der Waals surface area contributed by atoms with Gasteiger partial charge in [0.05, 0.1) is 11.2 Å². The third kappa shape index (κ3) is 2.89. The summed E-state index contributed by atoms with van der Waals surface area (Å²) < 4.78 is 18.9. The number of hydrogen-bond acceptors (Lipinski definition) is 3. The first-order chi connectivity index (χ1) is 8.72. The van der Waals surface area contributed by atoms with E-state index in [0.29, 0.717) is 17.2 Å². The van der Waals surface area contributed by atoms with Gasteiger partial charge in [0.15, 0.2) is 11.7 Å². The number of rotatable bonds is 5. The molecule has 2 rings (SSSR count). The van der Waals surface area contributed by atoms with Crippen LogP contribution in [0.5, 0.6) is 0 Å². The molecule has 0 bridgehead atoms. The van der Waals surface area contributed by atoms with E-state index in [0.717, 1.165) is 19.4 Å². The van der Waals surface area contributed by atoms with Crippen LogP contribution in [-0.4, -0.2) is 18.6 Å². The highest BCUT2D eigenvalue weighted by molar-refractivity contribution is 6.33. The zero-order chi connectivity index (χ0) is 13.0. The molecule has 0 saturated heterocycles. The van der Waals surface area contributed by atoms with Crippen molar-refractivity contribution in [2.75, 3.05) is 13.6 Å². The fraction of sp³-hybridized carbons (Fsp3) is 0.308. The van der Waals surface area contributed by atoms with Crippen LogP contribution in [0.2, 0.25) is 5.02 Å². The molecule has 0 radical (unpaired) electrons. The zero-order valence-corrected chi connectivity index (χ0v) is 10.8. The van der Waals surface area contributed by atoms with Crippen LogP contribution in [0.25, 0.3) is 11.3 Å². The Morgan fingerprint density at radius 3 is 3.06 bits per heavy atom. The maximum absolute atomic E-state index is 13.3. The second-order valence-corrected chi connectivity index (χ2v) is 4.30. The highest BCUT2D eigenvalue weighted by Crippen LogP contribution is 2.30. The number of aryl methyl sites for hydroxylation is 1. The summed E-state index contributed by atoms with van der Waals surface area (Å²) in [6.45, 7) is 0.901. The lowest BCUT2D eigenvalue weighted by atomic mass is 10.2. The summed E-state index contributed by atoms with van der Waals surface area (Å²) >= 11 is 5.89. The first kappa shape index (κ1) is 13.1. The van der Waals surface area contributed by atoms with Crippen LogP contribution in [-0.2, 0) is 6.42 Å². The quantitative estimate of drug-likeness (QED) is 0.846. The van der Waals surface area contributed by atoms with Crippen LogP contribution in [0.4, 0.5) is 4.39 Å². The normalized spacial score (nSPS) is 10.8. The Bertz CT molecular complexity index is 527. The van der Waals surface area contributed by atoms with Gasteiger partial charge in [-0.3, -0.25) is 0 Å². The van der Waals surface area contributed by atoms with Gasteiger partial charge in [0.1, 0.15) is 5.82 Å². The van der Waals surface area contributed by atoms with E-state index in [1.165, 1.54) is 6.07 Å². The fourth-order valence-electron chi connectivity index (χ4n) is 1.66. The van der Waals surface area contributed by atoms with E-state index < -0.39 is 5.82 Å². The summed E-state index contributed by atoms with van der Waals surface area (Å²) in [4.78, 5) is 4.16. The van der Waals surface area contributed by atoms with Gasteiger partial charge in [-0.1, -0.05) is 17.7 Å². The summed E-state index contributed by atoms with van der Waals surface area (Å²) in [6, 6.07) is 4.62. The van der Waals surface area contributed by atoms with Crippen LogP contribution >= 0.6 is 11.6 Å². The lowest BCUT2D eigenvalue weighted by Crippen LogP contribution is -2.08. The van der Waals surface area contributed by atoms with Crippen molar-refractivity contribution in [2.24, 2.45) is 0 Å². The minimum Gasteiger partial charge on any atom is -0.441 e. The minimum atomic E-state index is -0.456. The SMILES string of the molecule is CNCCCc1ncc(-c2cccc(F)c2Cl)o1. The lowest BCUT2D eigenvalue weighted by molar-refractivity contribution is 0.495. The van der Waals surface area contributed by atoms with Crippen LogP contribution in [0.1, 0.15) is 12.3 Å². The van der Waals surface area contributed by atoms with Gasteiger partial charge >= 0.3 is 0 Å². The molecule has 96 valence electrons. The van der Waals surface area contributed by atoms with Gasteiger partial charge in [0.2, 0.25) is 0 Å². The Morgan fingerprint density at radius 2 is 2.28 bits per heavy atom. The van der Waals surface area contributed by atoms with Crippen LogP contribution < -0.4 is 5.32 Å². The molecule has 0 spiro atoms. The predicted octanol–water partition coefficient (Wildman–Crippen LogP) is 3.29. The average molecular weight is 269 g/mol. The molecule has 18 heavy (non-hydrogen) atoms. The monoisotopic (exact) mass is 268 g/mol. The molecular weight excluding hydrogens is 255 g/mol. The van der Waals surface area contributed by atoms with Gasteiger partial charge in [0, 0.05) is 12.0 Å². The predicted molar refractivity (Wildman–Crippen MR) is 69.2 cm³/mol. The first-order valence-corrected chi connectivity index (χ1v) is 6.14. The van der Waals surface area contributed by atoms with Gasteiger partial charge < -0.3 is 9.73 Å². The first-order valence-electron chi connectivity index (χ1n) is 5.76. The molecule has 0 aliphatic rings. The standard InChI is InChI=1S/C13H14ClFN2O/c1-16-7-3-6-12-17-8-11(18-12)9-4-2-5-10(15)13(9)14/h2,4-5,8,16H,3,6-7H2,1H3. The molecule has 3 nitrogen and oxygen atoms in total. The van der Waals surface area contributed by atoms with E-state index in [4.69, 9.17) is 16.0 Å². The van der Waals surface area contributed by atoms with Gasteiger partial charge in [-0.25, -0.2) is 9.37 Å². The van der Waals surface area contributed by atoms with Crippen LogP contribution in [0, 0.1) is 5.82 Å². The Kier molecular flexibility index (Phi) is 4.33. The van der Waals surface area contributed by atoms with Crippen molar-refractivity contribution in [3.63, 3.8) is 0 Å². The third-order valence-electron chi connectivity index (χ3n) is 2.59. The molecule has 0 unspecified atom stereocenters. The highest BCUT2D eigenvalue weighted by atomic mass is 35.5. The molecule has 1 heterocycles. The van der Waals surface area contributed by atoms with Crippen molar-refractivity contribution < 1.29 is 8.81 Å². The average Bonchev–Trinajstić information content (AvgIpc) is 2.82. The minimum absolute atomic E-state index is 0.0652. The Hall–Kier alpha value is -1.39. The molecule has 0 aliphatic carbocycles. The molecule has 0 amide bonds. The van der Waals surface area contributed by atoms with E-state index in [1.807, 2.05) is 7.05 Å². The van der Waals surface area contributed by atoms with Crippen molar-refractivity contribution in [1.29, 1.82) is 0 Å². The smallest absolute Gasteiger partial charge is 0.194 e. The van der Waals surface area contributed by atoms with Gasteiger partial charge in [-0.2, -0.15) is 0 Å². The van der Waals surface area contributed by atoms with E-state index >= 15 is 0 Å². The van der Waals surface area contributed by atoms with Crippen LogP contribution in [0.3, 0.4) is 0 Å². The number of nitrogens with zero attached hydrogens (tertiary/aromatic N) is 1. The molecule has 0 fully saturated rings. The summed E-state index contributed by atoms with van der Waals surface area (Å²) in [6.07, 6.45) is 3.26. The van der Waals surface area contributed by atoms with Gasteiger partial charge in [-0.05, 0) is 32.1 Å². The topological polar surface area (TPSA) is 38.1 Å². The molecule has 1 N–H and O–H groups in total. The molecule has 0 aliphatic heterocycles. The second kappa shape index (κ2) is 5.98. The number of aromatic nitrogens is 1. The molecule has 5 heteroatoms. The number of nitrogens with one attached hydrogen (secondary N) is 1. The number of hydrogen-bond donors (Lipinski definition) is 1. The Balaban J connectivity index is 2.16. The molecule has 1 aromatic heterocycles. The second-order valence-electron chi connectivity index (χ2n) is 3.93. The number of halogens is 2. The Labute approximate surface area is 110 Å². The van der Waals surface area contributed by atoms with Gasteiger partial charge in [-0.15, -0.1) is 0 Å². The molecule has 0 saturated carbocycles. The summed E-state index contributed by atoms with van der Waals surface area (Å²) in [5, 5.41) is 3.12. The van der Waals surface area contributed by atoms with Crippen molar-refractivity contribution in [3.8, 4) is 11.3 Å². The maximum atomic E-state index is 13.3. The molecular formula is C13H14ClFN2O. The van der Waals surface area contributed by atoms with E-state index in [-0.39, 0.29) is 5.02 Å². The molecule has 0 atom stereocenters. The van der Waals surface area contributed by atoms with Crippen molar-refractivity contribution in [1.82, 2.24) is 10.3 Å². The third-order valence-corrected chi connectivity index (χ3v) is 2.97. The zero-order valence-electron chi connectivity index (χ0n) is 10.0. The van der Waals surface area contributed by atoms with Crippen molar-refractivity contribution in [2.45, 2.75) is 12.8 Å². The van der Waals surface area contributed by atoms with Gasteiger partial charge in [0.25, 0.3) is 0 Å². The lowest BCUT2D eigenvalue weighted by Gasteiger charge is -2.00. The maximum Gasteiger partial charge on any atom is 0.194 e. The van der Waals surface area contributed by atoms with Crippen molar-refractivity contribution >= 4 is 11.6 Å². The highest BCUT2D eigenvalue weighted by Gasteiger charge is 2.12. The Morgan fingerprint density at radius 1 is 1.44 bits per heavy atom. The van der Waals surface area contributed by atoms with E-state index in [1.54, 1.807) is 18.3 Å². The molecule has 1 aromatic carbocycles. The molecule has 2 aromatic rings. The summed E-state index contributed by atoms with van der Waals surface area (Å²) in [5.41, 5.74) is 0.532. The number of oxazole rings is 1. The summed E-state index contributed by atoms with van der Waals surface area (Å²) in [5.74, 6) is 0.682. The fourth-order valence-corrected chi connectivity index (χ4v) is 1.88. The summed E-state index contributed by atoms with van der Waals surface area (Å²) in [7, 11) is 1.90.